The predicted molar refractivity (Wildman–Crippen MR) is 121 cm³/mol. The van der Waals surface area contributed by atoms with Crippen molar-refractivity contribution in [2.75, 3.05) is 13.2 Å². The average molecular weight is 482 g/mol. The molecule has 0 aliphatic carbocycles. The van der Waals surface area contributed by atoms with Crippen LogP contribution in [0.1, 0.15) is 43.8 Å². The molecule has 1 aromatic carbocycles. The van der Waals surface area contributed by atoms with Gasteiger partial charge in [-0.15, -0.1) is 11.3 Å². The number of aromatic nitrogens is 3. The molecule has 28 heavy (non-hydrogen) atoms. The Bertz CT molecular complexity index is 1000. The van der Waals surface area contributed by atoms with Gasteiger partial charge in [-0.2, -0.15) is 0 Å². The van der Waals surface area contributed by atoms with Gasteiger partial charge < -0.3 is 4.74 Å². The monoisotopic (exact) mass is 481 g/mol. The molecule has 3 aromatic rings. The third kappa shape index (κ3) is 5.23. The van der Waals surface area contributed by atoms with E-state index in [0.29, 0.717) is 36.8 Å². The van der Waals surface area contributed by atoms with E-state index in [1.54, 1.807) is 27.7 Å². The van der Waals surface area contributed by atoms with Crippen molar-refractivity contribution in [1.82, 2.24) is 14.5 Å². The summed E-state index contributed by atoms with van der Waals surface area (Å²) in [4.78, 5) is 22.6. The van der Waals surface area contributed by atoms with Crippen LogP contribution in [-0.2, 0) is 17.0 Å². The zero-order valence-corrected chi connectivity index (χ0v) is 19.5. The van der Waals surface area contributed by atoms with Gasteiger partial charge in [0.2, 0.25) is 0 Å². The second-order valence-electron chi connectivity index (χ2n) is 6.68. The van der Waals surface area contributed by atoms with Crippen LogP contribution in [0.15, 0.2) is 38.0 Å². The molecule has 0 saturated carbocycles. The van der Waals surface area contributed by atoms with E-state index >= 15 is 0 Å². The third-order valence-electron chi connectivity index (χ3n) is 4.17. The summed E-state index contributed by atoms with van der Waals surface area (Å²) in [6, 6.07) is 5.64. The SMILES string of the molecule is CCOCCCn1c(SCc2csc(C(C)C)n2)nc2ccc(Br)cc2c1=O. The van der Waals surface area contributed by atoms with Crippen LogP contribution >= 0.6 is 39.0 Å². The molecule has 150 valence electrons. The summed E-state index contributed by atoms with van der Waals surface area (Å²) in [5.41, 5.74) is 1.74. The maximum atomic E-state index is 13.1. The number of fused-ring (bicyclic) bond motifs is 1. The molecule has 0 aliphatic heterocycles. The van der Waals surface area contributed by atoms with E-state index in [4.69, 9.17) is 14.7 Å². The normalized spacial score (nSPS) is 11.6. The molecule has 3 rings (SSSR count). The van der Waals surface area contributed by atoms with Crippen molar-refractivity contribution in [3.8, 4) is 0 Å². The Hall–Kier alpha value is -1.22. The lowest BCUT2D eigenvalue weighted by Crippen LogP contribution is -2.24. The number of halogens is 1. The number of thioether (sulfide) groups is 1. The van der Waals surface area contributed by atoms with E-state index in [1.807, 2.05) is 25.1 Å². The van der Waals surface area contributed by atoms with Gasteiger partial charge in [0.1, 0.15) is 0 Å². The van der Waals surface area contributed by atoms with E-state index in [0.717, 1.165) is 32.3 Å². The molecule has 2 heterocycles. The quantitative estimate of drug-likeness (QED) is 0.230. The first-order valence-corrected chi connectivity index (χ1v) is 12.0. The van der Waals surface area contributed by atoms with Crippen LogP contribution in [0, 0.1) is 0 Å². The number of benzene rings is 1. The second kappa shape index (κ2) is 10.0. The number of nitrogens with zero attached hydrogens (tertiary/aromatic N) is 3. The largest absolute Gasteiger partial charge is 0.382 e. The fourth-order valence-electron chi connectivity index (χ4n) is 2.74. The van der Waals surface area contributed by atoms with Crippen LogP contribution in [0.4, 0.5) is 0 Å². The summed E-state index contributed by atoms with van der Waals surface area (Å²) in [6.45, 7) is 8.17. The summed E-state index contributed by atoms with van der Waals surface area (Å²) in [5.74, 6) is 1.13. The van der Waals surface area contributed by atoms with Gasteiger partial charge in [0.15, 0.2) is 5.16 Å². The van der Waals surface area contributed by atoms with Crippen LogP contribution < -0.4 is 5.56 Å². The number of thiazole rings is 1. The van der Waals surface area contributed by atoms with Crippen molar-refractivity contribution in [2.45, 2.75) is 50.6 Å². The first-order chi connectivity index (χ1) is 13.5. The standard InChI is InChI=1S/C20H24BrN3O2S2/c1-4-26-9-5-8-24-19(25)16-10-14(21)6-7-17(16)23-20(24)28-12-15-11-27-18(22-15)13(2)3/h6-7,10-11,13H,4-5,8-9,12H2,1-3H3. The minimum absolute atomic E-state index is 0.00792. The van der Waals surface area contributed by atoms with Crippen molar-refractivity contribution < 1.29 is 4.74 Å². The van der Waals surface area contributed by atoms with Gasteiger partial charge in [-0.1, -0.05) is 41.5 Å². The molecule has 0 spiro atoms. The Morgan fingerprint density at radius 2 is 2.14 bits per heavy atom. The second-order valence-corrected chi connectivity index (χ2v) is 9.43. The van der Waals surface area contributed by atoms with E-state index in [1.165, 1.54) is 0 Å². The number of ether oxygens (including phenoxy) is 1. The topological polar surface area (TPSA) is 57.0 Å². The van der Waals surface area contributed by atoms with Gasteiger partial charge in [-0.25, -0.2) is 9.97 Å². The lowest BCUT2D eigenvalue weighted by molar-refractivity contribution is 0.140. The fourth-order valence-corrected chi connectivity index (χ4v) is 4.96. The van der Waals surface area contributed by atoms with E-state index < -0.39 is 0 Å². The molecule has 0 atom stereocenters. The van der Waals surface area contributed by atoms with Crippen molar-refractivity contribution in [3.05, 3.63) is 49.1 Å². The zero-order valence-electron chi connectivity index (χ0n) is 16.3. The summed E-state index contributed by atoms with van der Waals surface area (Å²) in [6.07, 6.45) is 0.774. The first kappa shape index (κ1) is 21.5. The third-order valence-corrected chi connectivity index (χ3v) is 6.87. The first-order valence-electron chi connectivity index (χ1n) is 9.34. The summed E-state index contributed by atoms with van der Waals surface area (Å²) >= 11 is 6.70. The van der Waals surface area contributed by atoms with Gasteiger partial charge in [0.25, 0.3) is 5.56 Å². The van der Waals surface area contributed by atoms with Crippen LogP contribution in [0.2, 0.25) is 0 Å². The molecule has 0 fully saturated rings. The number of rotatable bonds is 9. The van der Waals surface area contributed by atoms with Crippen molar-refractivity contribution in [2.24, 2.45) is 0 Å². The lowest BCUT2D eigenvalue weighted by atomic mass is 10.2. The summed E-state index contributed by atoms with van der Waals surface area (Å²) in [5, 5.41) is 4.60. The molecule has 0 saturated heterocycles. The Morgan fingerprint density at radius 3 is 2.86 bits per heavy atom. The minimum Gasteiger partial charge on any atom is -0.382 e. The Kier molecular flexibility index (Phi) is 7.68. The number of hydrogen-bond acceptors (Lipinski definition) is 6. The minimum atomic E-state index is -0.00792. The van der Waals surface area contributed by atoms with Crippen LogP contribution in [0.3, 0.4) is 0 Å². The smallest absolute Gasteiger partial charge is 0.262 e. The summed E-state index contributed by atoms with van der Waals surface area (Å²) < 4.78 is 8.09. The van der Waals surface area contributed by atoms with Crippen molar-refractivity contribution in [1.29, 1.82) is 0 Å². The fraction of sp³-hybridized carbons (Fsp3) is 0.450. The Labute approximate surface area is 181 Å². The van der Waals surface area contributed by atoms with Gasteiger partial charge in [-0.05, 0) is 31.5 Å². The Morgan fingerprint density at radius 1 is 1.32 bits per heavy atom. The van der Waals surface area contributed by atoms with Gasteiger partial charge in [0.05, 0.1) is 21.6 Å². The average Bonchev–Trinajstić information content (AvgIpc) is 3.15. The van der Waals surface area contributed by atoms with Crippen molar-refractivity contribution in [3.63, 3.8) is 0 Å². The molecule has 0 radical (unpaired) electrons. The highest BCUT2D eigenvalue weighted by Gasteiger charge is 2.13. The van der Waals surface area contributed by atoms with Crippen molar-refractivity contribution >= 4 is 49.9 Å². The molecular weight excluding hydrogens is 458 g/mol. The highest BCUT2D eigenvalue weighted by atomic mass is 79.9. The molecule has 0 aliphatic rings. The molecular formula is C20H24BrN3O2S2. The maximum absolute atomic E-state index is 13.1. The van der Waals surface area contributed by atoms with Crippen LogP contribution in [0.25, 0.3) is 10.9 Å². The Balaban J connectivity index is 1.89. The summed E-state index contributed by atoms with van der Waals surface area (Å²) in [7, 11) is 0. The van der Waals surface area contributed by atoms with Gasteiger partial charge in [0, 0.05) is 41.3 Å². The van der Waals surface area contributed by atoms with E-state index in [-0.39, 0.29) is 5.56 Å². The molecule has 5 nitrogen and oxygen atoms in total. The maximum Gasteiger partial charge on any atom is 0.262 e. The zero-order chi connectivity index (χ0) is 20.1. The van der Waals surface area contributed by atoms with E-state index in [2.05, 4.69) is 35.2 Å². The van der Waals surface area contributed by atoms with Crippen LogP contribution in [0.5, 0.6) is 0 Å². The lowest BCUT2D eigenvalue weighted by Gasteiger charge is -2.13. The molecule has 8 heteroatoms. The highest BCUT2D eigenvalue weighted by Crippen LogP contribution is 2.26. The van der Waals surface area contributed by atoms with Gasteiger partial charge in [-0.3, -0.25) is 9.36 Å². The predicted octanol–water partition coefficient (Wildman–Crippen LogP) is 5.46. The highest BCUT2D eigenvalue weighted by molar-refractivity contribution is 9.10. The molecule has 0 N–H and O–H groups in total. The number of hydrogen-bond donors (Lipinski definition) is 0. The molecule has 0 amide bonds. The molecule has 2 aromatic heterocycles. The molecule has 0 bridgehead atoms. The van der Waals surface area contributed by atoms with E-state index in [9.17, 15) is 4.79 Å². The van der Waals surface area contributed by atoms with Crippen LogP contribution in [-0.4, -0.2) is 27.7 Å². The molecule has 0 unspecified atom stereocenters. The van der Waals surface area contributed by atoms with Gasteiger partial charge >= 0.3 is 0 Å².